The van der Waals surface area contributed by atoms with Gasteiger partial charge in [-0.1, -0.05) is 192 Å². The van der Waals surface area contributed by atoms with E-state index >= 15 is 0 Å². The third-order valence-corrected chi connectivity index (χ3v) is 11.7. The Bertz CT molecular complexity index is 969. The highest BCUT2D eigenvalue weighted by Gasteiger charge is 2.28. The summed E-state index contributed by atoms with van der Waals surface area (Å²) in [6.07, 6.45) is 46.2. The Labute approximate surface area is 347 Å². The number of carbonyl (C=O) groups is 1. The topological polar surface area (TPSA) is 105 Å². The van der Waals surface area contributed by atoms with Crippen molar-refractivity contribution in [2.45, 2.75) is 231 Å². The van der Waals surface area contributed by atoms with Gasteiger partial charge in [0.1, 0.15) is 13.2 Å². The van der Waals surface area contributed by atoms with Crippen LogP contribution < -0.4 is 5.32 Å². The summed E-state index contributed by atoms with van der Waals surface area (Å²) in [4.78, 5) is 23.2. The van der Waals surface area contributed by atoms with Crippen molar-refractivity contribution in [3.63, 3.8) is 0 Å². The van der Waals surface area contributed by atoms with E-state index in [4.69, 9.17) is 9.05 Å². The Morgan fingerprint density at radius 2 is 1.02 bits per heavy atom. The Morgan fingerprint density at radius 1 is 0.607 bits per heavy atom. The summed E-state index contributed by atoms with van der Waals surface area (Å²) in [7, 11) is 1.61. The fourth-order valence-corrected chi connectivity index (χ4v) is 7.64. The molecule has 8 nitrogen and oxygen atoms in total. The van der Waals surface area contributed by atoms with Crippen LogP contribution in [-0.4, -0.2) is 73.4 Å². The molecule has 0 bridgehead atoms. The van der Waals surface area contributed by atoms with Gasteiger partial charge in [-0.25, -0.2) is 4.57 Å². The average Bonchev–Trinajstić information content (AvgIpc) is 3.15. The quantitative estimate of drug-likeness (QED) is 0.0245. The normalized spacial score (nSPS) is 14.5. The number of hydrogen-bond acceptors (Lipinski definition) is 5. The molecule has 332 valence electrons. The molecule has 0 spiro atoms. The maximum Gasteiger partial charge on any atom is 0.472 e. The van der Waals surface area contributed by atoms with Crippen LogP contribution in [-0.2, 0) is 18.4 Å². The molecule has 0 aromatic rings. The number of quaternary nitrogens is 1. The van der Waals surface area contributed by atoms with Gasteiger partial charge >= 0.3 is 7.82 Å². The monoisotopic (exact) mass is 814 g/mol. The molecule has 0 saturated heterocycles. The number of allylic oxidation sites excluding steroid dienone is 4. The summed E-state index contributed by atoms with van der Waals surface area (Å²) in [6.45, 7) is 4.87. The van der Waals surface area contributed by atoms with E-state index < -0.39 is 20.0 Å². The van der Waals surface area contributed by atoms with Crippen molar-refractivity contribution >= 4 is 13.7 Å². The molecule has 3 unspecified atom stereocenters. The lowest BCUT2D eigenvalue weighted by molar-refractivity contribution is -0.870. The number of phosphoric acid groups is 1. The van der Waals surface area contributed by atoms with Crippen LogP contribution in [0.15, 0.2) is 24.3 Å². The molecule has 0 saturated carbocycles. The zero-order chi connectivity index (χ0) is 41.4. The van der Waals surface area contributed by atoms with Crippen molar-refractivity contribution in [2.24, 2.45) is 0 Å². The number of carbonyl (C=O) groups excluding carboxylic acids is 1. The smallest absolute Gasteiger partial charge is 0.391 e. The number of unbranched alkanes of at least 4 members (excludes halogenated alkanes) is 26. The Morgan fingerprint density at radius 3 is 1.50 bits per heavy atom. The number of nitrogens with zero attached hydrogens (tertiary/aromatic N) is 1. The number of rotatable bonds is 43. The first-order valence-electron chi connectivity index (χ1n) is 23.7. The van der Waals surface area contributed by atoms with E-state index in [-0.39, 0.29) is 19.1 Å². The standard InChI is InChI=1S/C47H93N2O6P/c1-6-8-10-12-14-16-18-20-22-24-26-28-30-32-34-36-38-40-46(50)45(44-55-56(52,53)54-43-42-49(3,4)5)48-47(51)41-39-37-35-33-31-29-27-25-23-21-19-17-15-13-11-9-7-2/h15,17,21,23,45-46,50H,6-14,16,18-20,22,24-44H2,1-5H3,(H-,48,51,52,53)/p+1/b17-15-,23-21-. The van der Waals surface area contributed by atoms with Gasteiger partial charge in [-0.2, -0.15) is 0 Å². The molecule has 0 radical (unpaired) electrons. The SMILES string of the molecule is CCCCC/C=C\C/C=C\CCCCCCCCCC(=O)NC(COP(=O)(O)OCC[N+](C)(C)C)C(O)CCCCCCCCCCCCCCCCCCC. The van der Waals surface area contributed by atoms with Gasteiger partial charge in [0.2, 0.25) is 5.91 Å². The second kappa shape index (κ2) is 39.4. The molecule has 0 aliphatic heterocycles. The maximum atomic E-state index is 12.9. The van der Waals surface area contributed by atoms with E-state index in [1.165, 1.54) is 141 Å². The summed E-state index contributed by atoms with van der Waals surface area (Å²) in [5, 5.41) is 14.0. The van der Waals surface area contributed by atoms with Crippen molar-refractivity contribution in [1.82, 2.24) is 5.32 Å². The van der Waals surface area contributed by atoms with E-state index in [0.29, 0.717) is 23.9 Å². The van der Waals surface area contributed by atoms with Crippen LogP contribution in [0.25, 0.3) is 0 Å². The summed E-state index contributed by atoms with van der Waals surface area (Å²) >= 11 is 0. The molecule has 1 amide bonds. The van der Waals surface area contributed by atoms with Gasteiger partial charge in [0.25, 0.3) is 0 Å². The third-order valence-electron chi connectivity index (χ3n) is 10.7. The van der Waals surface area contributed by atoms with Crippen molar-refractivity contribution in [1.29, 1.82) is 0 Å². The first kappa shape index (κ1) is 55.0. The summed E-state index contributed by atoms with van der Waals surface area (Å²) in [5.74, 6) is -0.152. The van der Waals surface area contributed by atoms with Gasteiger partial charge in [-0.15, -0.1) is 0 Å². The van der Waals surface area contributed by atoms with Gasteiger partial charge in [-0.3, -0.25) is 13.8 Å². The number of aliphatic hydroxyl groups is 1. The molecule has 3 atom stereocenters. The second-order valence-electron chi connectivity index (χ2n) is 17.5. The maximum absolute atomic E-state index is 12.9. The average molecular weight is 814 g/mol. The molecule has 0 aliphatic rings. The fraction of sp³-hybridized carbons (Fsp3) is 0.894. The number of aliphatic hydroxyl groups excluding tert-OH is 1. The first-order chi connectivity index (χ1) is 27.0. The number of nitrogens with one attached hydrogen (secondary N) is 1. The van der Waals surface area contributed by atoms with Gasteiger partial charge in [0, 0.05) is 6.42 Å². The molecule has 3 N–H and O–H groups in total. The molecule has 0 heterocycles. The number of phosphoric ester groups is 1. The van der Waals surface area contributed by atoms with Crippen molar-refractivity contribution in [2.75, 3.05) is 40.9 Å². The molecule has 0 aromatic heterocycles. The van der Waals surface area contributed by atoms with Crippen molar-refractivity contribution in [3.05, 3.63) is 24.3 Å². The highest BCUT2D eigenvalue weighted by molar-refractivity contribution is 7.47. The minimum Gasteiger partial charge on any atom is -0.391 e. The van der Waals surface area contributed by atoms with E-state index in [9.17, 15) is 19.4 Å². The van der Waals surface area contributed by atoms with Gasteiger partial charge < -0.3 is 19.8 Å². The molecule has 9 heteroatoms. The molecule has 0 aliphatic carbocycles. The number of amides is 1. The van der Waals surface area contributed by atoms with Gasteiger partial charge in [0.05, 0.1) is 39.9 Å². The molecular weight excluding hydrogens is 719 g/mol. The highest BCUT2D eigenvalue weighted by atomic mass is 31.2. The van der Waals surface area contributed by atoms with Crippen LogP contribution in [0.4, 0.5) is 0 Å². The fourth-order valence-electron chi connectivity index (χ4n) is 6.90. The molecular formula is C47H94N2O6P+. The predicted octanol–water partition coefficient (Wildman–Crippen LogP) is 13.3. The largest absolute Gasteiger partial charge is 0.472 e. The Balaban J connectivity index is 4.33. The highest BCUT2D eigenvalue weighted by Crippen LogP contribution is 2.43. The van der Waals surface area contributed by atoms with Gasteiger partial charge in [-0.05, 0) is 44.9 Å². The number of likely N-dealkylation sites (N-methyl/N-ethyl adjacent to an activating group) is 1. The van der Waals surface area contributed by atoms with Crippen LogP contribution in [0.5, 0.6) is 0 Å². The van der Waals surface area contributed by atoms with Crippen LogP contribution in [0.1, 0.15) is 219 Å². The summed E-state index contributed by atoms with van der Waals surface area (Å²) < 4.78 is 23.7. The first-order valence-corrected chi connectivity index (χ1v) is 25.2. The van der Waals surface area contributed by atoms with E-state index in [1.807, 2.05) is 21.1 Å². The van der Waals surface area contributed by atoms with Gasteiger partial charge in [0.15, 0.2) is 0 Å². The minimum absolute atomic E-state index is 0.0737. The predicted molar refractivity (Wildman–Crippen MR) is 240 cm³/mol. The Hall–Kier alpha value is -1.02. The third kappa shape index (κ3) is 41.2. The lowest BCUT2D eigenvalue weighted by Crippen LogP contribution is -2.46. The molecule has 0 aromatic carbocycles. The van der Waals surface area contributed by atoms with E-state index in [1.54, 1.807) is 0 Å². The molecule has 0 fully saturated rings. The van der Waals surface area contributed by atoms with Crippen molar-refractivity contribution < 1.29 is 32.9 Å². The van der Waals surface area contributed by atoms with E-state index in [2.05, 4.69) is 43.5 Å². The Kier molecular flexibility index (Phi) is 38.7. The lowest BCUT2D eigenvalue weighted by atomic mass is 10.0. The van der Waals surface area contributed by atoms with Crippen LogP contribution in [0.2, 0.25) is 0 Å². The van der Waals surface area contributed by atoms with E-state index in [0.717, 1.165) is 51.4 Å². The summed E-state index contributed by atoms with van der Waals surface area (Å²) in [6, 6.07) is -0.762. The van der Waals surface area contributed by atoms with Crippen molar-refractivity contribution in [3.8, 4) is 0 Å². The second-order valence-corrected chi connectivity index (χ2v) is 18.9. The lowest BCUT2D eigenvalue weighted by Gasteiger charge is -2.26. The number of hydrogen-bond donors (Lipinski definition) is 3. The summed E-state index contributed by atoms with van der Waals surface area (Å²) in [5.41, 5.74) is 0. The van der Waals surface area contributed by atoms with Crippen LogP contribution in [0, 0.1) is 0 Å². The van der Waals surface area contributed by atoms with Crippen LogP contribution in [0.3, 0.4) is 0 Å². The van der Waals surface area contributed by atoms with Crippen LogP contribution >= 0.6 is 7.82 Å². The molecule has 0 rings (SSSR count). The zero-order valence-electron chi connectivity index (χ0n) is 37.6. The molecule has 56 heavy (non-hydrogen) atoms. The zero-order valence-corrected chi connectivity index (χ0v) is 38.5. The minimum atomic E-state index is -4.32.